The standard InChI is InChI=1S/C16H25N5/c1-11-12(6-5-7-17-11)19-15-13-10-14(16(2,3)4)20-21(13)9-8-18-15/h8-12,17H,5-7H2,1-4H3,(H,18,19). The average molecular weight is 287 g/mol. The summed E-state index contributed by atoms with van der Waals surface area (Å²) in [5.41, 5.74) is 2.19. The van der Waals surface area contributed by atoms with E-state index in [1.807, 2.05) is 16.9 Å². The van der Waals surface area contributed by atoms with Crippen LogP contribution in [0.1, 0.15) is 46.2 Å². The predicted octanol–water partition coefficient (Wildman–Crippen LogP) is 2.58. The summed E-state index contributed by atoms with van der Waals surface area (Å²) in [5, 5.41) is 11.8. The molecule has 0 amide bonds. The molecule has 2 N–H and O–H groups in total. The van der Waals surface area contributed by atoms with E-state index in [4.69, 9.17) is 0 Å². The monoisotopic (exact) mass is 287 g/mol. The minimum absolute atomic E-state index is 0.0446. The van der Waals surface area contributed by atoms with Crippen molar-refractivity contribution >= 4 is 11.3 Å². The van der Waals surface area contributed by atoms with E-state index in [0.717, 1.165) is 23.6 Å². The first-order chi connectivity index (χ1) is 9.95. The average Bonchev–Trinajstić information content (AvgIpc) is 2.86. The number of nitrogens with zero attached hydrogens (tertiary/aromatic N) is 3. The molecule has 0 saturated carbocycles. The van der Waals surface area contributed by atoms with Gasteiger partial charge in [0.1, 0.15) is 5.52 Å². The lowest BCUT2D eigenvalue weighted by Crippen LogP contribution is -2.46. The summed E-state index contributed by atoms with van der Waals surface area (Å²) in [6.07, 6.45) is 6.11. The largest absolute Gasteiger partial charge is 0.364 e. The van der Waals surface area contributed by atoms with Crippen LogP contribution in [-0.4, -0.2) is 33.2 Å². The molecule has 1 aliphatic heterocycles. The Morgan fingerprint density at radius 3 is 2.90 bits per heavy atom. The number of fused-ring (bicyclic) bond motifs is 1. The zero-order valence-electron chi connectivity index (χ0n) is 13.3. The van der Waals surface area contributed by atoms with Gasteiger partial charge in [0.2, 0.25) is 0 Å². The summed E-state index contributed by atoms with van der Waals surface area (Å²) < 4.78 is 1.93. The molecule has 0 radical (unpaired) electrons. The molecule has 1 aliphatic rings. The van der Waals surface area contributed by atoms with E-state index in [-0.39, 0.29) is 5.41 Å². The van der Waals surface area contributed by atoms with Crippen LogP contribution >= 0.6 is 0 Å². The van der Waals surface area contributed by atoms with Gasteiger partial charge in [-0.25, -0.2) is 9.50 Å². The molecule has 114 valence electrons. The fraction of sp³-hybridized carbons (Fsp3) is 0.625. The fourth-order valence-electron chi connectivity index (χ4n) is 2.82. The van der Waals surface area contributed by atoms with E-state index < -0.39 is 0 Å². The number of piperidine rings is 1. The van der Waals surface area contributed by atoms with Crippen LogP contribution in [0, 0.1) is 0 Å². The molecule has 21 heavy (non-hydrogen) atoms. The van der Waals surface area contributed by atoms with E-state index in [2.05, 4.69) is 54.5 Å². The molecule has 5 heteroatoms. The van der Waals surface area contributed by atoms with Crippen molar-refractivity contribution in [2.75, 3.05) is 11.9 Å². The molecule has 2 atom stereocenters. The number of hydrogen-bond acceptors (Lipinski definition) is 4. The van der Waals surface area contributed by atoms with Crippen LogP contribution in [0.4, 0.5) is 5.82 Å². The summed E-state index contributed by atoms with van der Waals surface area (Å²) in [7, 11) is 0. The van der Waals surface area contributed by atoms with Gasteiger partial charge in [0.05, 0.1) is 5.69 Å². The van der Waals surface area contributed by atoms with Crippen molar-refractivity contribution in [3.63, 3.8) is 0 Å². The van der Waals surface area contributed by atoms with Gasteiger partial charge < -0.3 is 10.6 Å². The first-order valence-electron chi connectivity index (χ1n) is 7.80. The molecule has 5 nitrogen and oxygen atoms in total. The van der Waals surface area contributed by atoms with Gasteiger partial charge in [-0.15, -0.1) is 0 Å². The summed E-state index contributed by atoms with van der Waals surface area (Å²) in [5.74, 6) is 0.932. The van der Waals surface area contributed by atoms with Crippen molar-refractivity contribution in [2.24, 2.45) is 0 Å². The zero-order chi connectivity index (χ0) is 15.0. The third-order valence-electron chi connectivity index (χ3n) is 4.24. The summed E-state index contributed by atoms with van der Waals surface area (Å²) in [6.45, 7) is 9.89. The Kier molecular flexibility index (Phi) is 3.61. The lowest BCUT2D eigenvalue weighted by Gasteiger charge is -2.31. The maximum atomic E-state index is 4.68. The Hall–Kier alpha value is -1.62. The van der Waals surface area contributed by atoms with E-state index in [0.29, 0.717) is 12.1 Å². The molecular weight excluding hydrogens is 262 g/mol. The van der Waals surface area contributed by atoms with Crippen LogP contribution in [0.2, 0.25) is 0 Å². The quantitative estimate of drug-likeness (QED) is 0.891. The maximum Gasteiger partial charge on any atom is 0.152 e. The third kappa shape index (κ3) is 2.88. The molecule has 0 aliphatic carbocycles. The zero-order valence-corrected chi connectivity index (χ0v) is 13.3. The summed E-state index contributed by atoms with van der Waals surface area (Å²) >= 11 is 0. The summed E-state index contributed by atoms with van der Waals surface area (Å²) in [6, 6.07) is 3.03. The van der Waals surface area contributed by atoms with Crippen molar-refractivity contribution in [2.45, 2.75) is 58.0 Å². The molecule has 0 aromatic carbocycles. The van der Waals surface area contributed by atoms with Gasteiger partial charge in [-0.2, -0.15) is 5.10 Å². The normalized spacial score (nSPS) is 23.4. The molecule has 3 rings (SSSR count). The molecule has 3 heterocycles. The summed E-state index contributed by atoms with van der Waals surface area (Å²) in [4.78, 5) is 4.53. The number of aromatic nitrogens is 3. The highest BCUT2D eigenvalue weighted by molar-refractivity contribution is 5.68. The van der Waals surface area contributed by atoms with Gasteiger partial charge in [0.15, 0.2) is 5.82 Å². The predicted molar refractivity (Wildman–Crippen MR) is 85.8 cm³/mol. The Bertz CT molecular complexity index is 625. The van der Waals surface area contributed by atoms with Crippen molar-refractivity contribution < 1.29 is 0 Å². The highest BCUT2D eigenvalue weighted by atomic mass is 15.2. The van der Waals surface area contributed by atoms with Gasteiger partial charge in [0.25, 0.3) is 0 Å². The van der Waals surface area contributed by atoms with E-state index in [1.54, 1.807) is 0 Å². The minimum Gasteiger partial charge on any atom is -0.364 e. The van der Waals surface area contributed by atoms with Crippen LogP contribution in [0.15, 0.2) is 18.5 Å². The Morgan fingerprint density at radius 1 is 1.38 bits per heavy atom. The van der Waals surface area contributed by atoms with E-state index in [1.165, 1.54) is 12.8 Å². The maximum absolute atomic E-state index is 4.68. The minimum atomic E-state index is 0.0446. The highest BCUT2D eigenvalue weighted by Crippen LogP contribution is 2.25. The lowest BCUT2D eigenvalue weighted by atomic mass is 9.92. The number of anilines is 1. The van der Waals surface area contributed by atoms with Crippen LogP contribution in [0.3, 0.4) is 0 Å². The van der Waals surface area contributed by atoms with E-state index in [9.17, 15) is 0 Å². The molecule has 2 aromatic heterocycles. The lowest BCUT2D eigenvalue weighted by molar-refractivity contribution is 0.389. The number of rotatable bonds is 2. The van der Waals surface area contributed by atoms with Crippen LogP contribution in [0.25, 0.3) is 5.52 Å². The van der Waals surface area contributed by atoms with Gasteiger partial charge in [0, 0.05) is 29.9 Å². The highest BCUT2D eigenvalue weighted by Gasteiger charge is 2.23. The van der Waals surface area contributed by atoms with Crippen molar-refractivity contribution in [3.8, 4) is 0 Å². The van der Waals surface area contributed by atoms with Crippen molar-refractivity contribution in [3.05, 3.63) is 24.2 Å². The smallest absolute Gasteiger partial charge is 0.152 e. The van der Waals surface area contributed by atoms with Crippen molar-refractivity contribution in [1.82, 2.24) is 19.9 Å². The second-order valence-electron chi connectivity index (χ2n) is 7.02. The molecule has 1 saturated heterocycles. The van der Waals surface area contributed by atoms with Gasteiger partial charge in [-0.05, 0) is 32.4 Å². The molecule has 1 fully saturated rings. The van der Waals surface area contributed by atoms with Crippen LogP contribution in [-0.2, 0) is 5.41 Å². The molecule has 2 aromatic rings. The van der Waals surface area contributed by atoms with E-state index >= 15 is 0 Å². The SMILES string of the molecule is CC1NCCCC1Nc1nccn2nc(C(C)(C)C)cc12. The van der Waals surface area contributed by atoms with Crippen molar-refractivity contribution in [1.29, 1.82) is 0 Å². The first-order valence-corrected chi connectivity index (χ1v) is 7.80. The van der Waals surface area contributed by atoms with Gasteiger partial charge >= 0.3 is 0 Å². The Labute approximate surface area is 126 Å². The molecule has 0 bridgehead atoms. The van der Waals surface area contributed by atoms with Crippen LogP contribution < -0.4 is 10.6 Å². The molecular formula is C16H25N5. The third-order valence-corrected chi connectivity index (χ3v) is 4.24. The van der Waals surface area contributed by atoms with Gasteiger partial charge in [-0.3, -0.25) is 0 Å². The number of nitrogens with one attached hydrogen (secondary N) is 2. The Balaban J connectivity index is 1.93. The topological polar surface area (TPSA) is 54.2 Å². The molecule has 2 unspecified atom stereocenters. The Morgan fingerprint density at radius 2 is 2.19 bits per heavy atom. The molecule has 0 spiro atoms. The first kappa shape index (κ1) is 14.3. The number of hydrogen-bond donors (Lipinski definition) is 2. The second kappa shape index (κ2) is 5.30. The fourth-order valence-corrected chi connectivity index (χ4v) is 2.82. The van der Waals surface area contributed by atoms with Gasteiger partial charge in [-0.1, -0.05) is 20.8 Å². The van der Waals surface area contributed by atoms with Crippen LogP contribution in [0.5, 0.6) is 0 Å². The second-order valence-corrected chi connectivity index (χ2v) is 7.02.